The van der Waals surface area contributed by atoms with Crippen molar-refractivity contribution in [1.82, 2.24) is 20.4 Å². The zero-order valence-electron chi connectivity index (χ0n) is 15.7. The van der Waals surface area contributed by atoms with Crippen LogP contribution in [0.2, 0.25) is 0 Å². The van der Waals surface area contributed by atoms with Gasteiger partial charge in [0.15, 0.2) is 11.8 Å². The predicted molar refractivity (Wildman–Crippen MR) is 101 cm³/mol. The molecular formula is C19H29N5O. The summed E-state index contributed by atoms with van der Waals surface area (Å²) < 4.78 is 5.37. The molecular weight excluding hydrogens is 314 g/mol. The van der Waals surface area contributed by atoms with Crippen molar-refractivity contribution >= 4 is 5.96 Å². The van der Waals surface area contributed by atoms with Gasteiger partial charge in [-0.05, 0) is 30.5 Å². The maximum absolute atomic E-state index is 5.37. The predicted octanol–water partition coefficient (Wildman–Crippen LogP) is 3.50. The van der Waals surface area contributed by atoms with Crippen molar-refractivity contribution in [3.8, 4) is 11.5 Å². The van der Waals surface area contributed by atoms with Crippen LogP contribution >= 0.6 is 0 Å². The molecule has 0 saturated heterocycles. The summed E-state index contributed by atoms with van der Waals surface area (Å²) in [7, 11) is 3.88. The average Bonchev–Trinajstić information content (AvgIpc) is 3.10. The molecule has 25 heavy (non-hydrogen) atoms. The van der Waals surface area contributed by atoms with E-state index in [0.29, 0.717) is 12.4 Å². The van der Waals surface area contributed by atoms with Crippen molar-refractivity contribution in [2.24, 2.45) is 4.99 Å². The molecule has 1 aromatic carbocycles. The Balaban J connectivity index is 2.00. The third-order valence-corrected chi connectivity index (χ3v) is 3.99. The molecule has 0 saturated carbocycles. The molecule has 0 fully saturated rings. The first-order valence-corrected chi connectivity index (χ1v) is 9.01. The lowest BCUT2D eigenvalue weighted by molar-refractivity contribution is 0.422. The number of nitrogens with zero attached hydrogens (tertiary/aromatic N) is 4. The maximum Gasteiger partial charge on any atom is 0.257 e. The van der Waals surface area contributed by atoms with E-state index in [1.165, 1.54) is 6.42 Å². The van der Waals surface area contributed by atoms with E-state index in [-0.39, 0.29) is 0 Å². The fraction of sp³-hybridized carbons (Fsp3) is 0.526. The summed E-state index contributed by atoms with van der Waals surface area (Å²) in [6.45, 7) is 6.00. The Hall–Kier alpha value is -2.37. The van der Waals surface area contributed by atoms with Gasteiger partial charge in [0.05, 0.1) is 0 Å². The molecule has 0 atom stereocenters. The highest BCUT2D eigenvalue weighted by atomic mass is 16.5. The van der Waals surface area contributed by atoms with Crippen LogP contribution in [-0.2, 0) is 13.0 Å². The number of unbranched alkanes of at least 4 members (excludes halogenated alkanes) is 1. The van der Waals surface area contributed by atoms with Gasteiger partial charge in [0.25, 0.3) is 5.89 Å². The van der Waals surface area contributed by atoms with Gasteiger partial charge >= 0.3 is 0 Å². The van der Waals surface area contributed by atoms with Crippen molar-refractivity contribution in [2.75, 3.05) is 20.6 Å². The normalized spacial score (nSPS) is 11.6. The Bertz CT molecular complexity index is 680. The topological polar surface area (TPSA) is 66.5 Å². The molecule has 0 aliphatic carbocycles. The number of aryl methyl sites for hydroxylation is 1. The molecule has 0 unspecified atom stereocenters. The Morgan fingerprint density at radius 3 is 2.84 bits per heavy atom. The first-order valence-electron chi connectivity index (χ1n) is 9.01. The summed E-state index contributed by atoms with van der Waals surface area (Å²) in [6, 6.07) is 8.17. The molecule has 1 N–H and O–H groups in total. The van der Waals surface area contributed by atoms with Gasteiger partial charge in [-0.2, -0.15) is 4.98 Å². The molecule has 0 amide bonds. The second-order valence-corrected chi connectivity index (χ2v) is 6.14. The molecule has 0 spiro atoms. The minimum absolute atomic E-state index is 0.578. The second-order valence-electron chi connectivity index (χ2n) is 6.14. The van der Waals surface area contributed by atoms with Gasteiger partial charge in [-0.25, -0.2) is 0 Å². The molecule has 0 radical (unpaired) electrons. The number of hydrogen-bond donors (Lipinski definition) is 1. The van der Waals surface area contributed by atoms with Crippen LogP contribution < -0.4 is 5.32 Å². The highest BCUT2D eigenvalue weighted by Gasteiger charge is 2.10. The van der Waals surface area contributed by atoms with E-state index in [4.69, 9.17) is 4.52 Å². The van der Waals surface area contributed by atoms with E-state index in [2.05, 4.69) is 58.4 Å². The lowest BCUT2D eigenvalue weighted by Crippen LogP contribution is -2.38. The molecule has 2 aromatic rings. The van der Waals surface area contributed by atoms with Crippen LogP contribution in [-0.4, -0.2) is 41.6 Å². The minimum Gasteiger partial charge on any atom is -0.352 e. The Morgan fingerprint density at radius 1 is 1.28 bits per heavy atom. The highest BCUT2D eigenvalue weighted by molar-refractivity contribution is 5.79. The highest BCUT2D eigenvalue weighted by Crippen LogP contribution is 2.19. The number of aliphatic imine (C=N–C) groups is 1. The second kappa shape index (κ2) is 9.81. The standard InChI is InChI=1S/C19H29N5O/c1-5-7-12-24(4)19(20-3)21-14-15-10-8-11-16(13-15)18-22-17(9-6-2)23-25-18/h8,10-11,13H,5-7,9,12,14H2,1-4H3,(H,20,21). The van der Waals surface area contributed by atoms with E-state index in [1.807, 2.05) is 19.2 Å². The smallest absolute Gasteiger partial charge is 0.257 e. The number of aromatic nitrogens is 2. The molecule has 136 valence electrons. The van der Waals surface area contributed by atoms with Crippen molar-refractivity contribution < 1.29 is 4.52 Å². The lowest BCUT2D eigenvalue weighted by Gasteiger charge is -2.21. The zero-order chi connectivity index (χ0) is 18.1. The van der Waals surface area contributed by atoms with Crippen molar-refractivity contribution in [3.05, 3.63) is 35.7 Å². The number of benzene rings is 1. The molecule has 0 aliphatic rings. The average molecular weight is 343 g/mol. The van der Waals surface area contributed by atoms with Gasteiger partial charge < -0.3 is 14.7 Å². The van der Waals surface area contributed by atoms with Crippen LogP contribution in [0.15, 0.2) is 33.8 Å². The van der Waals surface area contributed by atoms with Gasteiger partial charge in [-0.15, -0.1) is 0 Å². The van der Waals surface area contributed by atoms with Crippen molar-refractivity contribution in [1.29, 1.82) is 0 Å². The van der Waals surface area contributed by atoms with Gasteiger partial charge in [0.2, 0.25) is 0 Å². The largest absolute Gasteiger partial charge is 0.352 e. The molecule has 1 aromatic heterocycles. The van der Waals surface area contributed by atoms with Gasteiger partial charge in [-0.3, -0.25) is 4.99 Å². The van der Waals surface area contributed by atoms with E-state index in [9.17, 15) is 0 Å². The Labute approximate surface area is 150 Å². The van der Waals surface area contributed by atoms with Gasteiger partial charge in [0.1, 0.15) is 0 Å². The van der Waals surface area contributed by atoms with Crippen molar-refractivity contribution in [2.45, 2.75) is 46.1 Å². The number of rotatable bonds is 8. The molecule has 0 aliphatic heterocycles. The lowest BCUT2D eigenvalue weighted by atomic mass is 10.1. The molecule has 6 nitrogen and oxygen atoms in total. The van der Waals surface area contributed by atoms with Crippen LogP contribution in [0, 0.1) is 0 Å². The van der Waals surface area contributed by atoms with Crippen LogP contribution in [0.1, 0.15) is 44.5 Å². The zero-order valence-corrected chi connectivity index (χ0v) is 15.7. The Morgan fingerprint density at radius 2 is 2.12 bits per heavy atom. The summed E-state index contributed by atoms with van der Waals surface area (Å²) in [4.78, 5) is 11.0. The maximum atomic E-state index is 5.37. The van der Waals surface area contributed by atoms with E-state index >= 15 is 0 Å². The summed E-state index contributed by atoms with van der Waals surface area (Å²) in [6.07, 6.45) is 4.18. The number of nitrogens with one attached hydrogen (secondary N) is 1. The third kappa shape index (κ3) is 5.59. The summed E-state index contributed by atoms with van der Waals surface area (Å²) in [5.74, 6) is 2.25. The SMILES string of the molecule is CCCCN(C)C(=NC)NCc1cccc(-c2nc(CCC)no2)c1. The summed E-state index contributed by atoms with van der Waals surface area (Å²) >= 11 is 0. The first kappa shape index (κ1) is 19.0. The molecule has 6 heteroatoms. The van der Waals surface area contributed by atoms with Crippen molar-refractivity contribution in [3.63, 3.8) is 0 Å². The molecule has 2 rings (SSSR count). The molecule has 1 heterocycles. The van der Waals surface area contributed by atoms with Gasteiger partial charge in [-0.1, -0.05) is 37.6 Å². The summed E-state index contributed by atoms with van der Waals surface area (Å²) in [5.41, 5.74) is 2.10. The van der Waals surface area contributed by atoms with Gasteiger partial charge in [0, 0.05) is 39.2 Å². The Kier molecular flexibility index (Phi) is 7.44. The van der Waals surface area contributed by atoms with E-state index in [0.717, 1.165) is 48.7 Å². The van der Waals surface area contributed by atoms with Crippen LogP contribution in [0.25, 0.3) is 11.5 Å². The summed E-state index contributed by atoms with van der Waals surface area (Å²) in [5, 5.41) is 7.43. The van der Waals surface area contributed by atoms with E-state index < -0.39 is 0 Å². The number of hydrogen-bond acceptors (Lipinski definition) is 4. The van der Waals surface area contributed by atoms with Crippen LogP contribution in [0.3, 0.4) is 0 Å². The molecule has 0 bridgehead atoms. The monoisotopic (exact) mass is 343 g/mol. The van der Waals surface area contributed by atoms with Crippen LogP contribution in [0.5, 0.6) is 0 Å². The minimum atomic E-state index is 0.578. The van der Waals surface area contributed by atoms with E-state index in [1.54, 1.807) is 0 Å². The fourth-order valence-electron chi connectivity index (χ4n) is 2.58. The number of guanidine groups is 1. The van der Waals surface area contributed by atoms with Crippen LogP contribution in [0.4, 0.5) is 0 Å². The third-order valence-electron chi connectivity index (χ3n) is 3.99. The quantitative estimate of drug-likeness (QED) is 0.587. The fourth-order valence-corrected chi connectivity index (χ4v) is 2.58. The first-order chi connectivity index (χ1) is 12.2.